The molecule has 2 nitrogen and oxygen atoms in total. The Balaban J connectivity index is 2.43. The molecular formula is C14H29NO. The zero-order valence-corrected chi connectivity index (χ0v) is 11.5. The zero-order valence-electron chi connectivity index (χ0n) is 11.5. The highest BCUT2D eigenvalue weighted by Crippen LogP contribution is 2.36. The molecule has 16 heavy (non-hydrogen) atoms. The van der Waals surface area contributed by atoms with Crippen LogP contribution in [0.4, 0.5) is 0 Å². The molecule has 2 heteroatoms. The minimum atomic E-state index is 0.426. The van der Waals surface area contributed by atoms with Crippen LogP contribution in [0, 0.1) is 5.41 Å². The van der Waals surface area contributed by atoms with Crippen molar-refractivity contribution in [1.29, 1.82) is 0 Å². The number of hydrogen-bond acceptors (Lipinski definition) is 2. The lowest BCUT2D eigenvalue weighted by molar-refractivity contribution is -0.0286. The van der Waals surface area contributed by atoms with Gasteiger partial charge in [0.1, 0.15) is 0 Å². The molecule has 1 fully saturated rings. The van der Waals surface area contributed by atoms with Crippen molar-refractivity contribution in [1.82, 2.24) is 5.32 Å². The number of hydrogen-bond donors (Lipinski definition) is 1. The van der Waals surface area contributed by atoms with Crippen molar-refractivity contribution >= 4 is 0 Å². The number of ether oxygens (including phenoxy) is 1. The number of unbranched alkanes of at least 4 members (excludes halogenated alkanes) is 1. The van der Waals surface area contributed by atoms with Crippen molar-refractivity contribution in [3.05, 3.63) is 0 Å². The summed E-state index contributed by atoms with van der Waals surface area (Å²) in [6.07, 6.45) is 6.62. The second-order valence-electron chi connectivity index (χ2n) is 5.83. The molecule has 1 N–H and O–H groups in total. The predicted molar refractivity (Wildman–Crippen MR) is 69.7 cm³/mol. The van der Waals surface area contributed by atoms with E-state index in [-0.39, 0.29) is 0 Å². The van der Waals surface area contributed by atoms with Gasteiger partial charge in [0.05, 0.1) is 6.10 Å². The van der Waals surface area contributed by atoms with E-state index in [1.54, 1.807) is 0 Å². The normalized spacial score (nSPS) is 29.2. The molecule has 0 heterocycles. The number of nitrogens with one attached hydrogen (secondary N) is 1. The van der Waals surface area contributed by atoms with Gasteiger partial charge >= 0.3 is 0 Å². The maximum atomic E-state index is 6.06. The molecule has 1 aliphatic carbocycles. The maximum Gasteiger partial charge on any atom is 0.0733 e. The van der Waals surface area contributed by atoms with Gasteiger partial charge in [-0.05, 0) is 37.6 Å². The van der Waals surface area contributed by atoms with Gasteiger partial charge in [-0.1, -0.05) is 34.1 Å². The summed E-state index contributed by atoms with van der Waals surface area (Å²) in [6, 6.07) is 0.579. The molecule has 0 aromatic carbocycles. The fraction of sp³-hybridized carbons (Fsp3) is 1.00. The largest absolute Gasteiger partial charge is 0.377 e. The minimum Gasteiger partial charge on any atom is -0.377 e. The fourth-order valence-electron chi connectivity index (χ4n) is 2.57. The average Bonchev–Trinajstić information content (AvgIpc) is 2.22. The molecule has 0 aromatic rings. The van der Waals surface area contributed by atoms with Crippen molar-refractivity contribution in [3.8, 4) is 0 Å². The second kappa shape index (κ2) is 6.61. The minimum absolute atomic E-state index is 0.426. The first-order valence-corrected chi connectivity index (χ1v) is 6.94. The molecule has 0 radical (unpaired) electrons. The van der Waals surface area contributed by atoms with Crippen LogP contribution in [0.15, 0.2) is 0 Å². The summed E-state index contributed by atoms with van der Waals surface area (Å²) in [6.45, 7) is 11.1. The molecule has 0 bridgehead atoms. The van der Waals surface area contributed by atoms with E-state index < -0.39 is 0 Å². The van der Waals surface area contributed by atoms with E-state index in [4.69, 9.17) is 4.74 Å². The van der Waals surface area contributed by atoms with E-state index in [1.807, 2.05) is 0 Å². The van der Waals surface area contributed by atoms with Crippen molar-refractivity contribution in [2.75, 3.05) is 13.2 Å². The monoisotopic (exact) mass is 227 g/mol. The molecule has 1 rings (SSSR count). The fourth-order valence-corrected chi connectivity index (χ4v) is 2.57. The van der Waals surface area contributed by atoms with Crippen molar-refractivity contribution in [3.63, 3.8) is 0 Å². The Hall–Kier alpha value is -0.0800. The number of likely N-dealkylation sites (N-methyl/N-ethyl adjacent to an activating group) is 1. The van der Waals surface area contributed by atoms with Gasteiger partial charge in [0.2, 0.25) is 0 Å². The van der Waals surface area contributed by atoms with Crippen LogP contribution in [0.5, 0.6) is 0 Å². The van der Waals surface area contributed by atoms with Crippen LogP contribution < -0.4 is 5.32 Å². The summed E-state index contributed by atoms with van der Waals surface area (Å²) in [5, 5.41) is 3.57. The van der Waals surface area contributed by atoms with Gasteiger partial charge < -0.3 is 10.1 Å². The van der Waals surface area contributed by atoms with Crippen molar-refractivity contribution in [2.45, 2.75) is 71.9 Å². The molecule has 0 spiro atoms. The van der Waals surface area contributed by atoms with E-state index >= 15 is 0 Å². The van der Waals surface area contributed by atoms with Crippen molar-refractivity contribution < 1.29 is 4.74 Å². The third kappa shape index (κ3) is 4.42. The van der Waals surface area contributed by atoms with Crippen LogP contribution >= 0.6 is 0 Å². The highest BCUT2D eigenvalue weighted by Gasteiger charge is 2.34. The van der Waals surface area contributed by atoms with Crippen LogP contribution in [-0.2, 0) is 4.74 Å². The van der Waals surface area contributed by atoms with Gasteiger partial charge in [-0.3, -0.25) is 0 Å². The smallest absolute Gasteiger partial charge is 0.0733 e. The maximum absolute atomic E-state index is 6.06. The quantitative estimate of drug-likeness (QED) is 0.703. The predicted octanol–water partition coefficient (Wildman–Crippen LogP) is 3.36. The molecule has 0 aliphatic heterocycles. The van der Waals surface area contributed by atoms with Gasteiger partial charge in [0.15, 0.2) is 0 Å². The summed E-state index contributed by atoms with van der Waals surface area (Å²) in [5.74, 6) is 0. The van der Waals surface area contributed by atoms with E-state index in [2.05, 4.69) is 33.0 Å². The molecule has 0 saturated heterocycles. The van der Waals surface area contributed by atoms with Crippen LogP contribution in [0.1, 0.15) is 59.8 Å². The topological polar surface area (TPSA) is 21.3 Å². The zero-order chi connectivity index (χ0) is 12.0. The lowest BCUT2D eigenvalue weighted by Crippen LogP contribution is -2.47. The number of rotatable bonds is 6. The molecular weight excluding hydrogens is 198 g/mol. The summed E-state index contributed by atoms with van der Waals surface area (Å²) in [4.78, 5) is 0. The van der Waals surface area contributed by atoms with Gasteiger partial charge in [-0.2, -0.15) is 0 Å². The summed E-state index contributed by atoms with van der Waals surface area (Å²) in [7, 11) is 0. The third-order valence-corrected chi connectivity index (χ3v) is 3.63. The van der Waals surface area contributed by atoms with Crippen LogP contribution in [0.3, 0.4) is 0 Å². The molecule has 1 aliphatic rings. The van der Waals surface area contributed by atoms with Crippen molar-refractivity contribution in [2.24, 2.45) is 5.41 Å². The Morgan fingerprint density at radius 1 is 1.31 bits per heavy atom. The SMILES string of the molecule is CCCCOC1CC(C)(C)CCC1NCC. The molecule has 96 valence electrons. The molecule has 0 aromatic heterocycles. The molecule has 2 unspecified atom stereocenters. The lowest BCUT2D eigenvalue weighted by atomic mass is 9.74. The van der Waals surface area contributed by atoms with E-state index in [0.717, 1.165) is 13.2 Å². The first-order valence-electron chi connectivity index (χ1n) is 6.94. The molecule has 1 saturated carbocycles. The summed E-state index contributed by atoms with van der Waals surface area (Å²) in [5.41, 5.74) is 0.461. The van der Waals surface area contributed by atoms with Crippen LogP contribution in [0.25, 0.3) is 0 Å². The van der Waals surface area contributed by atoms with E-state index in [9.17, 15) is 0 Å². The Labute approximate surface area is 101 Å². The Kier molecular flexibility index (Phi) is 5.77. The Morgan fingerprint density at radius 3 is 2.69 bits per heavy atom. The standard InChI is InChI=1S/C14H29NO/c1-5-7-10-16-13-11-14(3,4)9-8-12(13)15-6-2/h12-13,15H,5-11H2,1-4H3. The average molecular weight is 227 g/mol. The lowest BCUT2D eigenvalue weighted by Gasteiger charge is -2.41. The van der Waals surface area contributed by atoms with E-state index in [0.29, 0.717) is 17.6 Å². The van der Waals surface area contributed by atoms with Gasteiger partial charge in [-0.25, -0.2) is 0 Å². The molecule has 2 atom stereocenters. The summed E-state index contributed by atoms with van der Waals surface area (Å²) < 4.78 is 6.06. The van der Waals surface area contributed by atoms with Gasteiger partial charge in [-0.15, -0.1) is 0 Å². The third-order valence-electron chi connectivity index (χ3n) is 3.63. The van der Waals surface area contributed by atoms with Crippen LogP contribution in [0.2, 0.25) is 0 Å². The Bertz CT molecular complexity index is 191. The highest BCUT2D eigenvalue weighted by atomic mass is 16.5. The highest BCUT2D eigenvalue weighted by molar-refractivity contribution is 4.89. The Morgan fingerprint density at radius 2 is 2.06 bits per heavy atom. The van der Waals surface area contributed by atoms with Gasteiger partial charge in [0, 0.05) is 12.6 Å². The van der Waals surface area contributed by atoms with E-state index in [1.165, 1.54) is 32.1 Å². The van der Waals surface area contributed by atoms with Gasteiger partial charge in [0.25, 0.3) is 0 Å². The second-order valence-corrected chi connectivity index (χ2v) is 5.83. The first-order chi connectivity index (χ1) is 7.59. The first kappa shape index (κ1) is 14.0. The van der Waals surface area contributed by atoms with Crippen LogP contribution in [-0.4, -0.2) is 25.3 Å². The summed E-state index contributed by atoms with van der Waals surface area (Å²) >= 11 is 0. The molecule has 0 amide bonds.